The van der Waals surface area contributed by atoms with Crippen LogP contribution in [0.25, 0.3) is 10.4 Å². The zero-order valence-electron chi connectivity index (χ0n) is 20.0. The van der Waals surface area contributed by atoms with Crippen LogP contribution in [0, 0.1) is 0 Å². The zero-order valence-corrected chi connectivity index (χ0v) is 22.0. The molecule has 0 fully saturated rings. The smallest absolute Gasteiger partial charge is 0.0771 e. The minimum Gasteiger partial charge on any atom is -0.0771 e. The van der Waals surface area contributed by atoms with E-state index in [9.17, 15) is 0 Å². The van der Waals surface area contributed by atoms with E-state index in [2.05, 4.69) is 107 Å². The van der Waals surface area contributed by atoms with Crippen LogP contribution in [0.15, 0.2) is 60.7 Å². The second-order valence-electron chi connectivity index (χ2n) is 11.4. The van der Waals surface area contributed by atoms with Crippen molar-refractivity contribution in [3.63, 3.8) is 0 Å². The maximum Gasteiger partial charge on any atom is 0.0780 e. The van der Waals surface area contributed by atoms with Crippen molar-refractivity contribution in [3.05, 3.63) is 82.9 Å². The monoisotopic (exact) mass is 430 g/mol. The van der Waals surface area contributed by atoms with Gasteiger partial charge in [0.2, 0.25) is 0 Å². The van der Waals surface area contributed by atoms with Crippen molar-refractivity contribution in [2.75, 3.05) is 0 Å². The van der Waals surface area contributed by atoms with Crippen LogP contribution in [0.2, 0.25) is 39.3 Å². The molecule has 0 aromatic heterocycles. The first kappa shape index (κ1) is 21.6. The molecule has 2 unspecified atom stereocenters. The maximum absolute atomic E-state index is 2.70. The van der Waals surface area contributed by atoms with E-state index in [0.29, 0.717) is 5.92 Å². The number of rotatable bonds is 6. The molecule has 158 valence electrons. The fourth-order valence-corrected chi connectivity index (χ4v) is 9.11. The number of hydrogen-bond acceptors (Lipinski definition) is 0. The van der Waals surface area contributed by atoms with Crippen LogP contribution in [-0.4, -0.2) is 16.1 Å². The number of hydrogen-bond donors (Lipinski definition) is 0. The molecule has 0 heterocycles. The van der Waals surface area contributed by atoms with E-state index in [4.69, 9.17) is 0 Å². The van der Waals surface area contributed by atoms with Crippen LogP contribution >= 0.6 is 0 Å². The first-order chi connectivity index (χ1) is 14.1. The highest BCUT2D eigenvalue weighted by Crippen LogP contribution is 2.51. The third-order valence-electron chi connectivity index (χ3n) is 7.34. The van der Waals surface area contributed by atoms with E-state index < -0.39 is 16.1 Å². The van der Waals surface area contributed by atoms with E-state index >= 15 is 0 Å². The van der Waals surface area contributed by atoms with E-state index in [1.165, 1.54) is 24.8 Å². The summed E-state index contributed by atoms with van der Waals surface area (Å²) in [6.45, 7) is 17.4. The third kappa shape index (κ3) is 3.63. The van der Waals surface area contributed by atoms with Gasteiger partial charge in [-0.3, -0.25) is 0 Å². The Morgan fingerprint density at radius 2 is 1.37 bits per heavy atom. The van der Waals surface area contributed by atoms with Crippen LogP contribution in [0.3, 0.4) is 0 Å². The van der Waals surface area contributed by atoms with Gasteiger partial charge in [0.05, 0.1) is 16.1 Å². The molecule has 2 aliphatic carbocycles. The van der Waals surface area contributed by atoms with Crippen LogP contribution in [0.4, 0.5) is 0 Å². The summed E-state index contributed by atoms with van der Waals surface area (Å²) in [5, 5.41) is 3.34. The lowest BCUT2D eigenvalue weighted by atomic mass is 9.74. The molecule has 0 radical (unpaired) electrons. The maximum atomic E-state index is 2.70. The zero-order chi connectivity index (χ0) is 21.7. The topological polar surface area (TPSA) is 0 Å². The van der Waals surface area contributed by atoms with Crippen LogP contribution in [0.5, 0.6) is 0 Å². The van der Waals surface area contributed by atoms with Gasteiger partial charge in [0, 0.05) is 11.3 Å². The molecule has 0 nitrogen and oxygen atoms in total. The Labute approximate surface area is 186 Å². The Bertz CT molecular complexity index is 1010. The van der Waals surface area contributed by atoms with E-state index in [1.54, 1.807) is 27.1 Å². The van der Waals surface area contributed by atoms with Crippen molar-refractivity contribution in [2.45, 2.75) is 76.8 Å². The van der Waals surface area contributed by atoms with Crippen molar-refractivity contribution in [1.29, 1.82) is 0 Å². The fraction of sp³-hybridized carbons (Fsp3) is 0.429. The predicted molar refractivity (Wildman–Crippen MR) is 139 cm³/mol. The third-order valence-corrected chi connectivity index (χ3v) is 11.4. The van der Waals surface area contributed by atoms with Crippen molar-refractivity contribution in [3.8, 4) is 0 Å². The first-order valence-corrected chi connectivity index (χ1v) is 18.7. The van der Waals surface area contributed by atoms with Crippen molar-refractivity contribution < 1.29 is 0 Å². The molecule has 0 N–H and O–H groups in total. The summed E-state index contributed by atoms with van der Waals surface area (Å²) in [4.78, 5) is 0. The average Bonchev–Trinajstić information content (AvgIpc) is 3.23. The number of fused-ring (bicyclic) bond motifs is 2. The summed E-state index contributed by atoms with van der Waals surface area (Å²) in [6, 6.07) is 18.5. The summed E-state index contributed by atoms with van der Waals surface area (Å²) < 4.78 is 0. The van der Waals surface area contributed by atoms with Crippen molar-refractivity contribution >= 4 is 26.5 Å². The van der Waals surface area contributed by atoms with E-state index in [0.717, 1.165) is 0 Å². The van der Waals surface area contributed by atoms with Gasteiger partial charge >= 0.3 is 0 Å². The van der Waals surface area contributed by atoms with Crippen molar-refractivity contribution in [1.82, 2.24) is 0 Å². The fourth-order valence-electron chi connectivity index (χ4n) is 5.63. The van der Waals surface area contributed by atoms with Gasteiger partial charge in [0.15, 0.2) is 0 Å². The number of benzene rings is 2. The Morgan fingerprint density at radius 1 is 0.767 bits per heavy atom. The van der Waals surface area contributed by atoms with Crippen LogP contribution in [-0.2, 0) is 5.41 Å². The van der Waals surface area contributed by atoms with Crippen molar-refractivity contribution in [2.24, 2.45) is 0 Å². The Balaban J connectivity index is 1.69. The highest BCUT2D eigenvalue weighted by atomic mass is 28.3. The van der Waals surface area contributed by atoms with Gasteiger partial charge in [-0.2, -0.15) is 0 Å². The number of allylic oxidation sites excluding steroid dienone is 2. The molecule has 2 atom stereocenters. The quantitative estimate of drug-likeness (QED) is 0.403. The molecule has 0 aliphatic heterocycles. The summed E-state index contributed by atoms with van der Waals surface area (Å²) in [7, 11) is -2.72. The lowest BCUT2D eigenvalue weighted by Crippen LogP contribution is -2.23. The van der Waals surface area contributed by atoms with Gasteiger partial charge in [-0.1, -0.05) is 117 Å². The molecule has 0 saturated carbocycles. The minimum atomic E-state index is -1.38. The molecule has 30 heavy (non-hydrogen) atoms. The molecule has 2 aliphatic rings. The van der Waals surface area contributed by atoms with Gasteiger partial charge in [-0.15, -0.1) is 0 Å². The standard InChI is InChI=1S/C28H38Si2/c1-8-28(20-27(30(5,6)7)24-15-11-12-16-25(24)28)18-17-21-19-26(29(2,3)4)23-14-10-9-13-22(21)23/h9-16,19-21H,8,17-18H2,1-7H3. The summed E-state index contributed by atoms with van der Waals surface area (Å²) in [6.07, 6.45) is 9.01. The average molecular weight is 431 g/mol. The highest BCUT2D eigenvalue weighted by Gasteiger charge is 2.40. The molecule has 2 aromatic carbocycles. The van der Waals surface area contributed by atoms with Crippen LogP contribution in [0.1, 0.15) is 54.4 Å². The second-order valence-corrected chi connectivity index (χ2v) is 21.5. The largest absolute Gasteiger partial charge is 0.0780 e. The van der Waals surface area contributed by atoms with Gasteiger partial charge in [0.25, 0.3) is 0 Å². The molecule has 0 amide bonds. The first-order valence-electron chi connectivity index (χ1n) is 11.7. The van der Waals surface area contributed by atoms with E-state index in [1.807, 2.05) is 0 Å². The van der Waals surface area contributed by atoms with Gasteiger partial charge < -0.3 is 0 Å². The van der Waals surface area contributed by atoms with Gasteiger partial charge in [-0.25, -0.2) is 0 Å². The van der Waals surface area contributed by atoms with E-state index in [-0.39, 0.29) is 5.41 Å². The molecular formula is C28H38Si2. The molecule has 0 saturated heterocycles. The second kappa shape index (κ2) is 7.49. The van der Waals surface area contributed by atoms with Gasteiger partial charge in [0.1, 0.15) is 0 Å². The molecule has 0 spiro atoms. The highest BCUT2D eigenvalue weighted by molar-refractivity contribution is 6.94. The molecule has 2 heteroatoms. The molecule has 0 bridgehead atoms. The lowest BCUT2D eigenvalue weighted by molar-refractivity contribution is 0.452. The summed E-state index contributed by atoms with van der Waals surface area (Å²) >= 11 is 0. The Morgan fingerprint density at radius 3 is 2.00 bits per heavy atom. The SMILES string of the molecule is CCC1(CCC2C=C([Si](C)(C)C)c3ccccc32)C=C([Si](C)(C)C)c2ccccc21. The molecular weight excluding hydrogens is 392 g/mol. The molecule has 2 aromatic rings. The van der Waals surface area contributed by atoms with Crippen LogP contribution < -0.4 is 0 Å². The Hall–Kier alpha value is -1.65. The minimum absolute atomic E-state index is 0.205. The summed E-state index contributed by atoms with van der Waals surface area (Å²) in [5.41, 5.74) is 6.45. The normalized spacial score (nSPS) is 23.1. The Kier molecular flexibility index (Phi) is 5.39. The lowest BCUT2D eigenvalue weighted by Gasteiger charge is -2.29. The van der Waals surface area contributed by atoms with Gasteiger partial charge in [-0.05, 0) is 41.5 Å². The summed E-state index contributed by atoms with van der Waals surface area (Å²) in [5.74, 6) is 0.572. The predicted octanol–water partition coefficient (Wildman–Crippen LogP) is 8.45. The molecule has 4 rings (SSSR count).